The van der Waals surface area contributed by atoms with Gasteiger partial charge >= 0.3 is 5.69 Å². The number of carbonyl (C=O) groups is 1. The summed E-state index contributed by atoms with van der Waals surface area (Å²) in [7, 11) is 0. The average molecular weight is 380 g/mol. The fraction of sp³-hybridized carbons (Fsp3) is 0. The van der Waals surface area contributed by atoms with E-state index in [4.69, 9.17) is 5.84 Å². The predicted octanol–water partition coefficient (Wildman–Crippen LogP) is 3.71. The Bertz CT molecular complexity index is 937. The minimum absolute atomic E-state index is 0.0283. The molecule has 0 aromatic heterocycles. The van der Waals surface area contributed by atoms with Crippen LogP contribution >= 0.6 is 0 Å². The summed E-state index contributed by atoms with van der Waals surface area (Å²) in [5.41, 5.74) is 2.80. The molecule has 0 radical (unpaired) electrons. The molecule has 28 heavy (non-hydrogen) atoms. The number of nitrogens with one attached hydrogen (secondary N) is 1. The molecule has 0 atom stereocenters. The third-order valence-electron chi connectivity index (χ3n) is 3.62. The van der Waals surface area contributed by atoms with Crippen molar-refractivity contribution in [2.75, 3.05) is 5.43 Å². The van der Waals surface area contributed by atoms with Crippen LogP contribution in [0.5, 0.6) is 0 Å². The number of rotatable bonds is 5. The molecule has 3 aromatic carbocycles. The van der Waals surface area contributed by atoms with Crippen LogP contribution in [0.2, 0.25) is 0 Å². The largest absolute Gasteiger partial charge is 0.318 e. The van der Waals surface area contributed by atoms with Crippen LogP contribution in [0.4, 0.5) is 17.1 Å². The minimum atomic E-state index is -0.748. The summed E-state index contributed by atoms with van der Waals surface area (Å²) >= 11 is 0. The molecule has 0 saturated carbocycles. The van der Waals surface area contributed by atoms with E-state index >= 15 is 0 Å². The van der Waals surface area contributed by atoms with Crippen molar-refractivity contribution >= 4 is 22.8 Å². The number of nitrogens with two attached hydrogens (primary N) is 1. The highest BCUT2D eigenvalue weighted by Crippen LogP contribution is 2.27. The van der Waals surface area contributed by atoms with Gasteiger partial charge in [-0.1, -0.05) is 60.7 Å². The molecule has 0 amide bonds. The lowest BCUT2D eigenvalue weighted by atomic mass is 10.0. The molecule has 0 spiro atoms. The van der Waals surface area contributed by atoms with Crippen LogP contribution < -0.4 is 11.3 Å². The van der Waals surface area contributed by atoms with Gasteiger partial charge in [0.05, 0.1) is 15.9 Å². The zero-order valence-electron chi connectivity index (χ0n) is 14.5. The number of nitrogen functional groups attached to an aromatic ring is 1. The van der Waals surface area contributed by atoms with Crippen LogP contribution in [0, 0.1) is 20.2 Å². The molecule has 142 valence electrons. The molecule has 0 bridgehead atoms. The number of anilines is 1. The first-order valence-electron chi connectivity index (χ1n) is 7.98. The Kier molecular flexibility index (Phi) is 6.89. The third-order valence-corrected chi connectivity index (χ3v) is 3.62. The molecule has 0 aliphatic heterocycles. The van der Waals surface area contributed by atoms with Crippen LogP contribution in [0.1, 0.15) is 15.9 Å². The first-order valence-corrected chi connectivity index (χ1v) is 7.98. The second-order valence-corrected chi connectivity index (χ2v) is 5.42. The number of non-ortho nitro benzene ring substituents is 1. The third kappa shape index (κ3) is 5.19. The number of hydrogen-bond acceptors (Lipinski definition) is 7. The standard InChI is InChI=1S/C13H10O.C6H6N4O4/c14-13(11-7-3-1-4-8-11)12-9-5-2-6-10-12;7-8-5-2-1-4(9(11)12)3-6(5)10(13)14/h1-10H;1-3,8H,7H2. The highest BCUT2D eigenvalue weighted by molar-refractivity contribution is 6.08. The van der Waals surface area contributed by atoms with E-state index in [0.717, 1.165) is 23.3 Å². The van der Waals surface area contributed by atoms with E-state index in [9.17, 15) is 25.0 Å². The lowest BCUT2D eigenvalue weighted by molar-refractivity contribution is -0.393. The van der Waals surface area contributed by atoms with Crippen molar-refractivity contribution in [3.63, 3.8) is 0 Å². The van der Waals surface area contributed by atoms with Crippen LogP contribution in [0.25, 0.3) is 0 Å². The second kappa shape index (κ2) is 9.55. The fourth-order valence-corrected chi connectivity index (χ4v) is 2.25. The number of benzene rings is 3. The summed E-state index contributed by atoms with van der Waals surface area (Å²) < 4.78 is 0. The number of nitro benzene ring substituents is 2. The van der Waals surface area contributed by atoms with Crippen molar-refractivity contribution in [2.24, 2.45) is 5.84 Å². The molecular weight excluding hydrogens is 364 g/mol. The Hall–Kier alpha value is -4.11. The normalized spacial score (nSPS) is 9.61. The van der Waals surface area contributed by atoms with Crippen molar-refractivity contribution in [3.05, 3.63) is 110 Å². The number of nitro groups is 2. The van der Waals surface area contributed by atoms with Crippen LogP contribution in [0.15, 0.2) is 78.9 Å². The van der Waals surface area contributed by atoms with Crippen molar-refractivity contribution < 1.29 is 14.6 Å². The van der Waals surface area contributed by atoms with E-state index in [1.165, 1.54) is 6.07 Å². The van der Waals surface area contributed by atoms with Gasteiger partial charge in [-0.05, 0) is 6.07 Å². The van der Waals surface area contributed by atoms with Gasteiger partial charge in [-0.3, -0.25) is 30.9 Å². The van der Waals surface area contributed by atoms with E-state index in [0.29, 0.717) is 0 Å². The van der Waals surface area contributed by atoms with Gasteiger partial charge in [-0.25, -0.2) is 0 Å². The zero-order valence-corrected chi connectivity index (χ0v) is 14.5. The van der Waals surface area contributed by atoms with Gasteiger partial charge in [-0.2, -0.15) is 0 Å². The van der Waals surface area contributed by atoms with E-state index in [1.54, 1.807) is 0 Å². The lowest BCUT2D eigenvalue weighted by Gasteiger charge is -2.00. The number of carbonyl (C=O) groups excluding carboxylic acids is 1. The van der Waals surface area contributed by atoms with Gasteiger partial charge in [-0.15, -0.1) is 0 Å². The van der Waals surface area contributed by atoms with Gasteiger partial charge in [0, 0.05) is 17.2 Å². The molecule has 0 saturated heterocycles. The van der Waals surface area contributed by atoms with E-state index < -0.39 is 15.5 Å². The van der Waals surface area contributed by atoms with E-state index in [2.05, 4.69) is 5.43 Å². The minimum Gasteiger partial charge on any atom is -0.318 e. The van der Waals surface area contributed by atoms with Gasteiger partial charge < -0.3 is 5.43 Å². The number of hydrazine groups is 1. The quantitative estimate of drug-likeness (QED) is 0.297. The van der Waals surface area contributed by atoms with Crippen molar-refractivity contribution in [3.8, 4) is 0 Å². The molecule has 9 nitrogen and oxygen atoms in total. The van der Waals surface area contributed by atoms with Crippen molar-refractivity contribution in [1.82, 2.24) is 0 Å². The Balaban J connectivity index is 0.000000200. The molecule has 3 rings (SSSR count). The Morgan fingerprint density at radius 3 is 1.68 bits per heavy atom. The fourth-order valence-electron chi connectivity index (χ4n) is 2.25. The van der Waals surface area contributed by atoms with Crippen LogP contribution in [0.3, 0.4) is 0 Å². The summed E-state index contributed by atoms with van der Waals surface area (Å²) in [6, 6.07) is 21.8. The molecule has 0 aliphatic carbocycles. The van der Waals surface area contributed by atoms with Crippen molar-refractivity contribution in [2.45, 2.75) is 0 Å². The lowest BCUT2D eigenvalue weighted by Crippen LogP contribution is -2.09. The Morgan fingerprint density at radius 1 is 0.786 bits per heavy atom. The smallest absolute Gasteiger partial charge is 0.300 e. The first kappa shape index (κ1) is 20.2. The van der Waals surface area contributed by atoms with Gasteiger partial charge in [0.1, 0.15) is 5.69 Å². The van der Waals surface area contributed by atoms with Gasteiger partial charge in [0.2, 0.25) is 0 Å². The highest BCUT2D eigenvalue weighted by Gasteiger charge is 2.18. The Morgan fingerprint density at radius 2 is 1.29 bits per heavy atom. The summed E-state index contributed by atoms with van der Waals surface area (Å²) in [6.45, 7) is 0. The van der Waals surface area contributed by atoms with Crippen LogP contribution in [-0.2, 0) is 0 Å². The molecule has 3 aromatic rings. The first-order chi connectivity index (χ1) is 13.4. The second-order valence-electron chi connectivity index (χ2n) is 5.42. The number of nitrogens with zero attached hydrogens (tertiary/aromatic N) is 2. The SMILES string of the molecule is NNc1ccc([N+](=O)[O-])cc1[N+](=O)[O-].O=C(c1ccccc1)c1ccccc1. The summed E-state index contributed by atoms with van der Waals surface area (Å²) in [4.78, 5) is 31.1. The maximum atomic E-state index is 11.8. The van der Waals surface area contributed by atoms with Crippen molar-refractivity contribution in [1.29, 1.82) is 0 Å². The molecule has 9 heteroatoms. The van der Waals surface area contributed by atoms with Gasteiger partial charge in [0.25, 0.3) is 5.69 Å². The maximum absolute atomic E-state index is 11.8. The summed E-state index contributed by atoms with van der Waals surface area (Å²) in [5, 5.41) is 20.7. The maximum Gasteiger partial charge on any atom is 0.300 e. The summed E-state index contributed by atoms with van der Waals surface area (Å²) in [6.07, 6.45) is 0. The monoisotopic (exact) mass is 380 g/mol. The highest BCUT2D eigenvalue weighted by atomic mass is 16.6. The number of ketones is 1. The molecule has 0 unspecified atom stereocenters. The average Bonchev–Trinajstić information content (AvgIpc) is 2.74. The zero-order chi connectivity index (χ0) is 20.5. The molecule has 3 N–H and O–H groups in total. The van der Waals surface area contributed by atoms with Gasteiger partial charge in [0.15, 0.2) is 5.78 Å². The molecule has 0 fully saturated rings. The molecular formula is C19H16N4O5. The Labute approximate surface area is 159 Å². The molecule has 0 heterocycles. The molecule has 0 aliphatic rings. The van der Waals surface area contributed by atoms with Crippen LogP contribution in [-0.4, -0.2) is 15.6 Å². The van der Waals surface area contributed by atoms with E-state index in [-0.39, 0.29) is 17.2 Å². The topological polar surface area (TPSA) is 141 Å². The predicted molar refractivity (Wildman–Crippen MR) is 104 cm³/mol. The number of hydrogen-bond donors (Lipinski definition) is 2. The van der Waals surface area contributed by atoms with E-state index in [1.807, 2.05) is 60.7 Å². The summed E-state index contributed by atoms with van der Waals surface area (Å²) in [5.74, 6) is 5.07.